The summed E-state index contributed by atoms with van der Waals surface area (Å²) in [6, 6.07) is 15.8. The van der Waals surface area contributed by atoms with Gasteiger partial charge in [0.05, 0.1) is 37.1 Å². The number of likely N-dealkylation sites (tertiary alicyclic amines) is 1. The molecule has 0 unspecified atom stereocenters. The van der Waals surface area contributed by atoms with Gasteiger partial charge in [0.25, 0.3) is 0 Å². The number of carbonyl (C=O) groups excluding carboxylic acids is 2. The van der Waals surface area contributed by atoms with Gasteiger partial charge in [0.2, 0.25) is 5.91 Å². The van der Waals surface area contributed by atoms with Gasteiger partial charge in [-0.25, -0.2) is 9.48 Å². The number of benzene rings is 2. The summed E-state index contributed by atoms with van der Waals surface area (Å²) in [5.41, 5.74) is 1.91. The van der Waals surface area contributed by atoms with Crippen LogP contribution in [0.2, 0.25) is 0 Å². The molecule has 0 aliphatic carbocycles. The zero-order valence-electron chi connectivity index (χ0n) is 21.3. The Morgan fingerprint density at radius 3 is 2.54 bits per heavy atom. The fourth-order valence-electron chi connectivity index (χ4n) is 4.67. The summed E-state index contributed by atoms with van der Waals surface area (Å²) >= 11 is 0. The summed E-state index contributed by atoms with van der Waals surface area (Å²) in [5.74, 6) is 0.339. The van der Waals surface area contributed by atoms with Crippen LogP contribution in [0.3, 0.4) is 0 Å². The van der Waals surface area contributed by atoms with E-state index in [1.54, 1.807) is 47.2 Å². The quantitative estimate of drug-likeness (QED) is 0.326. The Morgan fingerprint density at radius 2 is 1.84 bits per heavy atom. The highest BCUT2D eigenvalue weighted by atomic mass is 16.5. The first-order chi connectivity index (χ1) is 18.0. The Labute approximate surface area is 217 Å². The number of nitrogens with zero attached hydrogens (tertiary/aromatic N) is 4. The van der Waals surface area contributed by atoms with Crippen molar-refractivity contribution < 1.29 is 24.2 Å². The van der Waals surface area contributed by atoms with Crippen LogP contribution in [0, 0.1) is 0 Å². The number of esters is 1. The zero-order valence-corrected chi connectivity index (χ0v) is 21.3. The van der Waals surface area contributed by atoms with E-state index in [1.807, 2.05) is 30.3 Å². The van der Waals surface area contributed by atoms with Crippen molar-refractivity contribution in [2.45, 2.75) is 63.8 Å². The molecule has 3 aromatic rings. The summed E-state index contributed by atoms with van der Waals surface area (Å²) in [6.45, 7) is 2.28. The fourth-order valence-corrected chi connectivity index (χ4v) is 4.67. The van der Waals surface area contributed by atoms with E-state index in [0.717, 1.165) is 30.6 Å². The van der Waals surface area contributed by atoms with E-state index in [9.17, 15) is 14.7 Å². The molecule has 0 bridgehead atoms. The number of rotatable bonds is 10. The molecule has 4 rings (SSSR count). The minimum absolute atomic E-state index is 0.0273. The van der Waals surface area contributed by atoms with Crippen molar-refractivity contribution in [2.24, 2.45) is 0 Å². The SMILES string of the molecule is CCCCCC(=O)N1C[C@@H](O)[C@H](n2cc(COC(=O)c3ccccc3)nn2)C[C@@H]1c1ccc(OC)cc1. The highest BCUT2D eigenvalue weighted by Crippen LogP contribution is 2.38. The van der Waals surface area contributed by atoms with Crippen LogP contribution in [0.25, 0.3) is 0 Å². The molecule has 1 amide bonds. The third-order valence-corrected chi connectivity index (χ3v) is 6.74. The monoisotopic (exact) mass is 506 g/mol. The summed E-state index contributed by atoms with van der Waals surface area (Å²) in [7, 11) is 1.62. The lowest BCUT2D eigenvalue weighted by Gasteiger charge is -2.42. The summed E-state index contributed by atoms with van der Waals surface area (Å²) in [5, 5.41) is 19.4. The number of piperidine rings is 1. The number of aliphatic hydroxyl groups is 1. The van der Waals surface area contributed by atoms with E-state index in [2.05, 4.69) is 17.2 Å². The van der Waals surface area contributed by atoms with Crippen LogP contribution < -0.4 is 4.74 Å². The Hall–Kier alpha value is -3.72. The van der Waals surface area contributed by atoms with Gasteiger partial charge in [-0.3, -0.25) is 4.79 Å². The van der Waals surface area contributed by atoms with Gasteiger partial charge < -0.3 is 19.5 Å². The fraction of sp³-hybridized carbons (Fsp3) is 0.429. The van der Waals surface area contributed by atoms with E-state index >= 15 is 0 Å². The average Bonchev–Trinajstić information content (AvgIpc) is 3.41. The smallest absolute Gasteiger partial charge is 0.338 e. The van der Waals surface area contributed by atoms with E-state index in [0.29, 0.717) is 24.1 Å². The number of hydrogen-bond donors (Lipinski definition) is 1. The second-order valence-corrected chi connectivity index (χ2v) is 9.29. The molecule has 3 atom stereocenters. The molecule has 1 fully saturated rings. The lowest BCUT2D eigenvalue weighted by Crippen LogP contribution is -2.49. The molecule has 2 heterocycles. The van der Waals surface area contributed by atoms with Gasteiger partial charge in [0.1, 0.15) is 18.1 Å². The van der Waals surface area contributed by atoms with Gasteiger partial charge in [-0.15, -0.1) is 5.10 Å². The van der Waals surface area contributed by atoms with Crippen molar-refractivity contribution in [1.29, 1.82) is 0 Å². The van der Waals surface area contributed by atoms with Gasteiger partial charge in [-0.05, 0) is 42.7 Å². The predicted octanol–water partition coefficient (Wildman–Crippen LogP) is 4.10. The lowest BCUT2D eigenvalue weighted by atomic mass is 9.89. The Bertz CT molecular complexity index is 1160. The number of methoxy groups -OCH3 is 1. The van der Waals surface area contributed by atoms with E-state index in [-0.39, 0.29) is 25.1 Å². The predicted molar refractivity (Wildman–Crippen MR) is 137 cm³/mol. The molecule has 9 heteroatoms. The largest absolute Gasteiger partial charge is 0.497 e. The van der Waals surface area contributed by atoms with Crippen molar-refractivity contribution in [1.82, 2.24) is 19.9 Å². The maximum Gasteiger partial charge on any atom is 0.338 e. The van der Waals surface area contributed by atoms with Crippen LogP contribution in [-0.2, 0) is 16.1 Å². The van der Waals surface area contributed by atoms with Gasteiger partial charge in [0.15, 0.2) is 0 Å². The number of hydrogen-bond acceptors (Lipinski definition) is 7. The summed E-state index contributed by atoms with van der Waals surface area (Å²) < 4.78 is 12.3. The van der Waals surface area contributed by atoms with Gasteiger partial charge >= 0.3 is 5.97 Å². The average molecular weight is 507 g/mol. The maximum atomic E-state index is 13.1. The molecule has 9 nitrogen and oxygen atoms in total. The van der Waals surface area contributed by atoms with Gasteiger partial charge in [0, 0.05) is 13.0 Å². The summed E-state index contributed by atoms with van der Waals surface area (Å²) in [6.07, 6.45) is 4.66. The zero-order chi connectivity index (χ0) is 26.2. The molecule has 0 radical (unpaired) electrons. The lowest BCUT2D eigenvalue weighted by molar-refractivity contribution is -0.140. The minimum atomic E-state index is -0.814. The minimum Gasteiger partial charge on any atom is -0.497 e. The Morgan fingerprint density at radius 1 is 1.08 bits per heavy atom. The highest BCUT2D eigenvalue weighted by Gasteiger charge is 2.39. The number of carbonyl (C=O) groups is 2. The molecule has 0 spiro atoms. The normalized spacial score (nSPS) is 19.4. The van der Waals surface area contributed by atoms with E-state index in [4.69, 9.17) is 9.47 Å². The van der Waals surface area contributed by atoms with Gasteiger partial charge in [-0.1, -0.05) is 55.3 Å². The van der Waals surface area contributed by atoms with Crippen LogP contribution in [0.4, 0.5) is 0 Å². The van der Waals surface area contributed by atoms with Crippen molar-refractivity contribution in [3.05, 3.63) is 77.6 Å². The van der Waals surface area contributed by atoms with Gasteiger partial charge in [-0.2, -0.15) is 0 Å². The van der Waals surface area contributed by atoms with Crippen LogP contribution in [-0.4, -0.2) is 56.6 Å². The molecule has 1 aromatic heterocycles. The number of β-amino-alcohol motifs (C(OH)–C–C–N with tert-alkyl or cyclic N) is 1. The van der Waals surface area contributed by atoms with Crippen LogP contribution >= 0.6 is 0 Å². The number of aromatic nitrogens is 3. The molecular weight excluding hydrogens is 472 g/mol. The van der Waals surface area contributed by atoms with Crippen LogP contribution in [0.15, 0.2) is 60.8 Å². The number of amides is 1. The Kier molecular flexibility index (Phi) is 8.90. The number of ether oxygens (including phenoxy) is 2. The molecule has 1 aliphatic rings. The van der Waals surface area contributed by atoms with Crippen molar-refractivity contribution in [3.8, 4) is 5.75 Å². The molecule has 1 saturated heterocycles. The molecule has 2 aromatic carbocycles. The Balaban J connectivity index is 1.48. The van der Waals surface area contributed by atoms with Crippen molar-refractivity contribution in [2.75, 3.05) is 13.7 Å². The third kappa shape index (κ3) is 6.54. The molecular formula is C28H34N4O5. The van der Waals surface area contributed by atoms with E-state index < -0.39 is 18.1 Å². The molecule has 0 saturated carbocycles. The van der Waals surface area contributed by atoms with E-state index in [1.165, 1.54) is 0 Å². The molecule has 196 valence electrons. The maximum absolute atomic E-state index is 13.1. The van der Waals surface area contributed by atoms with Crippen molar-refractivity contribution in [3.63, 3.8) is 0 Å². The topological polar surface area (TPSA) is 107 Å². The number of unbranched alkanes of at least 4 members (excludes halogenated alkanes) is 2. The van der Waals surface area contributed by atoms with Crippen LogP contribution in [0.1, 0.15) is 72.7 Å². The second-order valence-electron chi connectivity index (χ2n) is 9.29. The first-order valence-corrected chi connectivity index (χ1v) is 12.7. The third-order valence-electron chi connectivity index (χ3n) is 6.74. The summed E-state index contributed by atoms with van der Waals surface area (Å²) in [4.78, 5) is 27.2. The van der Waals surface area contributed by atoms with Crippen LogP contribution in [0.5, 0.6) is 5.75 Å². The first-order valence-electron chi connectivity index (χ1n) is 12.7. The molecule has 1 aliphatic heterocycles. The van der Waals surface area contributed by atoms with Crippen molar-refractivity contribution >= 4 is 11.9 Å². The first kappa shape index (κ1) is 26.3. The standard InChI is InChI=1S/C28H34N4O5/c1-3-4-6-11-27(34)31-18-26(33)25(16-24(31)20-12-14-23(36-2)15-13-20)32-17-22(29-30-32)19-37-28(35)21-9-7-5-8-10-21/h5,7-10,12-15,17,24-26,33H,3-4,6,11,16,18-19H2,1-2H3/t24-,25-,26-/m1/s1. The second kappa shape index (κ2) is 12.5. The molecule has 1 N–H and O–H groups in total. The molecule has 37 heavy (non-hydrogen) atoms. The highest BCUT2D eigenvalue weighted by molar-refractivity contribution is 5.89. The number of aliphatic hydroxyl groups excluding tert-OH is 1.